The summed E-state index contributed by atoms with van der Waals surface area (Å²) in [7, 11) is 0. The molecule has 118 valence electrons. The van der Waals surface area contributed by atoms with Crippen LogP contribution >= 0.6 is 27.7 Å². The van der Waals surface area contributed by atoms with Crippen molar-refractivity contribution in [2.75, 3.05) is 0 Å². The molecule has 0 saturated heterocycles. The van der Waals surface area contributed by atoms with Gasteiger partial charge in [0.05, 0.1) is 16.8 Å². The second kappa shape index (κ2) is 5.79. The molecule has 0 bridgehead atoms. The van der Waals surface area contributed by atoms with E-state index in [1.807, 2.05) is 30.3 Å². The first kappa shape index (κ1) is 15.0. The fourth-order valence-electron chi connectivity index (χ4n) is 2.82. The van der Waals surface area contributed by atoms with Crippen LogP contribution in [0.25, 0.3) is 11.0 Å². The third-order valence-electron chi connectivity index (χ3n) is 3.73. The summed E-state index contributed by atoms with van der Waals surface area (Å²) in [6.07, 6.45) is 0. The first-order valence-corrected chi connectivity index (χ1v) is 8.79. The summed E-state index contributed by atoms with van der Waals surface area (Å²) in [5.41, 5.74) is 2.62. The Hall–Kier alpha value is -1.60. The number of hydrogen-bond acceptors (Lipinski definition) is 3. The minimum absolute atomic E-state index is 0.126. The van der Waals surface area contributed by atoms with E-state index in [2.05, 4.69) is 25.5 Å². The van der Waals surface area contributed by atoms with Gasteiger partial charge in [-0.3, -0.25) is 0 Å². The largest absolute Gasteiger partial charge is 0.434 e. The van der Waals surface area contributed by atoms with Gasteiger partial charge in [0.2, 0.25) is 0 Å². The second-order valence-corrected chi connectivity index (χ2v) is 7.09. The van der Waals surface area contributed by atoms with E-state index >= 15 is 0 Å². The van der Waals surface area contributed by atoms with Crippen molar-refractivity contribution in [1.82, 2.24) is 9.55 Å². The van der Waals surface area contributed by atoms with E-state index in [1.165, 1.54) is 0 Å². The number of para-hydroxylation sites is 1. The van der Waals surface area contributed by atoms with Gasteiger partial charge < -0.3 is 9.30 Å². The minimum atomic E-state index is -2.84. The summed E-state index contributed by atoms with van der Waals surface area (Å²) in [5, 5.41) is -0.126. The normalized spacial score (nSPS) is 17.0. The van der Waals surface area contributed by atoms with Gasteiger partial charge in [-0.2, -0.15) is 8.78 Å². The lowest BCUT2D eigenvalue weighted by Crippen LogP contribution is -2.09. The van der Waals surface area contributed by atoms with Crippen molar-refractivity contribution in [3.63, 3.8) is 0 Å². The van der Waals surface area contributed by atoms with E-state index in [9.17, 15) is 8.78 Å². The molecule has 1 atom stereocenters. The zero-order valence-electron chi connectivity index (χ0n) is 11.7. The smallest absolute Gasteiger partial charge is 0.387 e. The summed E-state index contributed by atoms with van der Waals surface area (Å²) in [5.74, 6) is 1.89. The predicted molar refractivity (Wildman–Crippen MR) is 89.9 cm³/mol. The molecule has 0 radical (unpaired) electrons. The standard InChI is InChI=1S/C16H11BrF2N2OS/c17-9-5-6-11-12(7-9)21-14(20-11)8-23-15(21)10-3-1-2-4-13(10)22-16(18)19/h1-7,15-16H,8H2/t15-/m1/s1. The van der Waals surface area contributed by atoms with Crippen molar-refractivity contribution in [3.05, 3.63) is 58.3 Å². The highest BCUT2D eigenvalue weighted by Gasteiger charge is 2.30. The fraction of sp³-hybridized carbons (Fsp3) is 0.188. The molecular weight excluding hydrogens is 386 g/mol. The predicted octanol–water partition coefficient (Wildman–Crippen LogP) is 5.19. The molecule has 0 N–H and O–H groups in total. The molecule has 4 rings (SSSR count). The number of nitrogens with zero attached hydrogens (tertiary/aromatic N) is 2. The lowest BCUT2D eigenvalue weighted by molar-refractivity contribution is -0.0504. The van der Waals surface area contributed by atoms with Crippen molar-refractivity contribution in [3.8, 4) is 5.75 Å². The van der Waals surface area contributed by atoms with E-state index in [4.69, 9.17) is 4.74 Å². The van der Waals surface area contributed by atoms with Gasteiger partial charge in [0.15, 0.2) is 0 Å². The van der Waals surface area contributed by atoms with Crippen LogP contribution in [-0.4, -0.2) is 16.2 Å². The van der Waals surface area contributed by atoms with Crippen LogP contribution in [0.3, 0.4) is 0 Å². The lowest BCUT2D eigenvalue weighted by Gasteiger charge is -2.18. The van der Waals surface area contributed by atoms with Gasteiger partial charge in [-0.1, -0.05) is 34.1 Å². The van der Waals surface area contributed by atoms with Gasteiger partial charge in [-0.25, -0.2) is 4.98 Å². The summed E-state index contributed by atoms with van der Waals surface area (Å²) in [4.78, 5) is 4.63. The third-order valence-corrected chi connectivity index (χ3v) is 5.43. The molecule has 3 aromatic rings. The Kier molecular flexibility index (Phi) is 3.77. The highest BCUT2D eigenvalue weighted by atomic mass is 79.9. The quantitative estimate of drug-likeness (QED) is 0.609. The van der Waals surface area contributed by atoms with Gasteiger partial charge in [0.1, 0.15) is 16.9 Å². The Labute approximate surface area is 143 Å². The van der Waals surface area contributed by atoms with E-state index in [0.717, 1.165) is 32.6 Å². The third kappa shape index (κ3) is 2.61. The second-order valence-electron chi connectivity index (χ2n) is 5.11. The van der Waals surface area contributed by atoms with Gasteiger partial charge >= 0.3 is 6.61 Å². The fourth-order valence-corrected chi connectivity index (χ4v) is 4.44. The molecule has 0 saturated carbocycles. The molecule has 7 heteroatoms. The summed E-state index contributed by atoms with van der Waals surface area (Å²) in [6.45, 7) is -2.84. The molecule has 0 amide bonds. The maximum absolute atomic E-state index is 12.7. The van der Waals surface area contributed by atoms with Crippen molar-refractivity contribution < 1.29 is 13.5 Å². The Morgan fingerprint density at radius 1 is 1.26 bits per heavy atom. The molecule has 0 fully saturated rings. The van der Waals surface area contributed by atoms with Crippen molar-refractivity contribution in [1.29, 1.82) is 0 Å². The van der Waals surface area contributed by atoms with Gasteiger partial charge in [-0.15, -0.1) is 11.8 Å². The molecule has 1 aliphatic heterocycles. The van der Waals surface area contributed by atoms with Gasteiger partial charge in [-0.05, 0) is 24.3 Å². The molecule has 0 unspecified atom stereocenters. The Balaban J connectivity index is 1.85. The SMILES string of the molecule is FC(F)Oc1ccccc1[C@H]1SCc2nc3ccc(Br)cc3n21. The van der Waals surface area contributed by atoms with Crippen LogP contribution < -0.4 is 4.74 Å². The number of aromatic nitrogens is 2. The van der Waals surface area contributed by atoms with Crippen LogP contribution in [0.15, 0.2) is 46.9 Å². The maximum Gasteiger partial charge on any atom is 0.387 e. The number of imidazole rings is 1. The molecule has 2 heterocycles. The van der Waals surface area contributed by atoms with Gasteiger partial charge in [0, 0.05) is 10.0 Å². The van der Waals surface area contributed by atoms with Gasteiger partial charge in [0.25, 0.3) is 0 Å². The number of benzene rings is 2. The number of rotatable bonds is 3. The van der Waals surface area contributed by atoms with Crippen LogP contribution in [0.4, 0.5) is 8.78 Å². The van der Waals surface area contributed by atoms with Crippen molar-refractivity contribution in [2.45, 2.75) is 17.7 Å². The van der Waals surface area contributed by atoms with E-state index in [0.29, 0.717) is 0 Å². The topological polar surface area (TPSA) is 27.1 Å². The van der Waals surface area contributed by atoms with Crippen LogP contribution in [0.1, 0.15) is 16.8 Å². The molecule has 0 spiro atoms. The van der Waals surface area contributed by atoms with Crippen LogP contribution in [-0.2, 0) is 5.75 Å². The Bertz CT molecular complexity index is 884. The van der Waals surface area contributed by atoms with Crippen LogP contribution in [0.2, 0.25) is 0 Å². The highest BCUT2D eigenvalue weighted by Crippen LogP contribution is 2.45. The number of alkyl halides is 2. The summed E-state index contributed by atoms with van der Waals surface area (Å²) >= 11 is 5.13. The first-order valence-electron chi connectivity index (χ1n) is 6.95. The number of thioether (sulfide) groups is 1. The molecule has 3 nitrogen and oxygen atoms in total. The minimum Gasteiger partial charge on any atom is -0.434 e. The molecular formula is C16H11BrF2N2OS. The maximum atomic E-state index is 12.7. The Morgan fingerprint density at radius 2 is 2.09 bits per heavy atom. The number of ether oxygens (including phenoxy) is 1. The van der Waals surface area contributed by atoms with E-state index in [-0.39, 0.29) is 11.1 Å². The number of fused-ring (bicyclic) bond motifs is 3. The monoisotopic (exact) mass is 396 g/mol. The summed E-state index contributed by atoms with van der Waals surface area (Å²) < 4.78 is 33.1. The summed E-state index contributed by atoms with van der Waals surface area (Å²) in [6, 6.07) is 12.8. The van der Waals surface area contributed by atoms with E-state index in [1.54, 1.807) is 23.9 Å². The number of halogens is 3. The zero-order chi connectivity index (χ0) is 16.0. The highest BCUT2D eigenvalue weighted by molar-refractivity contribution is 9.10. The first-order chi connectivity index (χ1) is 11.1. The average Bonchev–Trinajstić information content (AvgIpc) is 3.06. The van der Waals surface area contributed by atoms with Crippen LogP contribution in [0, 0.1) is 0 Å². The lowest BCUT2D eigenvalue weighted by atomic mass is 10.2. The molecule has 2 aromatic carbocycles. The molecule has 0 aliphatic carbocycles. The zero-order valence-corrected chi connectivity index (χ0v) is 14.2. The van der Waals surface area contributed by atoms with Crippen LogP contribution in [0.5, 0.6) is 5.75 Å². The van der Waals surface area contributed by atoms with E-state index < -0.39 is 6.61 Å². The van der Waals surface area contributed by atoms with Crippen molar-refractivity contribution in [2.24, 2.45) is 0 Å². The molecule has 1 aliphatic rings. The molecule has 23 heavy (non-hydrogen) atoms. The van der Waals surface area contributed by atoms with Crippen molar-refractivity contribution >= 4 is 38.7 Å². The average molecular weight is 397 g/mol. The number of hydrogen-bond donors (Lipinski definition) is 0. The Morgan fingerprint density at radius 3 is 2.91 bits per heavy atom. The molecule has 1 aromatic heterocycles.